The molecule has 0 aromatic rings. The Kier molecular flexibility index (Phi) is 38.3. The average molecular weight is 806 g/mol. The van der Waals surface area contributed by atoms with Gasteiger partial charge < -0.3 is 25.2 Å². The van der Waals surface area contributed by atoms with Gasteiger partial charge in [0.1, 0.15) is 6.61 Å². The maximum Gasteiger partial charge on any atom is 0.472 e. The molecule has 0 spiro atoms. The highest BCUT2D eigenvalue weighted by Gasteiger charge is 2.25. The number of esters is 2. The molecule has 0 aliphatic carbocycles. The third-order valence-corrected chi connectivity index (χ3v) is 9.41. The fourth-order valence-corrected chi connectivity index (χ4v) is 5.89. The van der Waals surface area contributed by atoms with Gasteiger partial charge in [-0.1, -0.05) is 144 Å². The van der Waals surface area contributed by atoms with Gasteiger partial charge in [-0.3, -0.25) is 18.6 Å². The third kappa shape index (κ3) is 39.4. The van der Waals surface area contributed by atoms with E-state index in [0.29, 0.717) is 25.7 Å². The summed E-state index contributed by atoms with van der Waals surface area (Å²) in [5.74, 6) is -0.934. The third-order valence-electron chi connectivity index (χ3n) is 8.42. The van der Waals surface area contributed by atoms with Crippen molar-refractivity contribution in [3.05, 3.63) is 85.1 Å². The first kappa shape index (κ1) is 53.1. The van der Waals surface area contributed by atoms with E-state index in [9.17, 15) is 24.2 Å². The molecule has 0 radical (unpaired) electrons. The van der Waals surface area contributed by atoms with E-state index >= 15 is 0 Å². The SMILES string of the molecule is CCCCC/C=C\C/C=C\CCCCCCCCCC(=O)O[C@H](COC(=O)CCC/C=C\C/C=C\C/C=C\C/C=C\C=C\[C@@H](O)CC)COP(=O)(O)OCCN. The number of phosphoric ester groups is 1. The Bertz CT molecular complexity index is 1210. The van der Waals surface area contributed by atoms with Gasteiger partial charge >= 0.3 is 19.8 Å². The number of aliphatic hydroxyl groups is 1. The van der Waals surface area contributed by atoms with Gasteiger partial charge in [0.15, 0.2) is 6.10 Å². The van der Waals surface area contributed by atoms with Crippen LogP contribution >= 0.6 is 7.82 Å². The second kappa shape index (κ2) is 40.4. The van der Waals surface area contributed by atoms with E-state index in [2.05, 4.69) is 55.5 Å². The normalized spacial score (nSPS) is 14.7. The summed E-state index contributed by atoms with van der Waals surface area (Å²) in [5.41, 5.74) is 5.34. The van der Waals surface area contributed by atoms with E-state index in [1.807, 2.05) is 37.3 Å². The lowest BCUT2D eigenvalue weighted by Crippen LogP contribution is -2.29. The van der Waals surface area contributed by atoms with Crippen molar-refractivity contribution in [2.24, 2.45) is 5.73 Å². The summed E-state index contributed by atoms with van der Waals surface area (Å²) in [7, 11) is -4.40. The predicted octanol–water partition coefficient (Wildman–Crippen LogP) is 11.0. The standard InChI is InChI=1S/C45H76NO9P/c1-3-5-6-7-8-9-10-11-12-13-14-19-22-25-28-31-34-37-45(49)55-43(41-54-56(50,51)53-39-38-46)40-52-44(48)36-33-30-27-24-21-18-16-15-17-20-23-26-29-32-35-42(47)4-2/h8-9,11-12,16-18,20,24,26-27,29,32,35,42-43,47H,3-7,10,13-15,19,21-23,25,28,30-31,33-34,36-41,46H2,1-2H3,(H,50,51)/b9-8-,12-11-,18-16-,20-17-,27-24-,29-26-,35-32+/t42-,43+/m0/s1. The van der Waals surface area contributed by atoms with Crippen LogP contribution in [0, 0.1) is 0 Å². The molecule has 0 bridgehead atoms. The van der Waals surface area contributed by atoms with Gasteiger partial charge in [-0.25, -0.2) is 4.57 Å². The van der Waals surface area contributed by atoms with Crippen LogP contribution in [-0.4, -0.2) is 60.5 Å². The molecule has 0 saturated heterocycles. The van der Waals surface area contributed by atoms with Gasteiger partial charge in [0.2, 0.25) is 0 Å². The first-order chi connectivity index (χ1) is 27.2. The Labute approximate surface area is 339 Å². The minimum absolute atomic E-state index is 0.0343. The number of ether oxygens (including phenoxy) is 2. The Morgan fingerprint density at radius 3 is 1.73 bits per heavy atom. The van der Waals surface area contributed by atoms with Crippen LogP contribution in [0.5, 0.6) is 0 Å². The van der Waals surface area contributed by atoms with Crippen LogP contribution in [0.15, 0.2) is 85.1 Å². The van der Waals surface area contributed by atoms with Gasteiger partial charge in [0, 0.05) is 19.4 Å². The van der Waals surface area contributed by atoms with Crippen LogP contribution in [0.25, 0.3) is 0 Å². The monoisotopic (exact) mass is 806 g/mol. The highest BCUT2D eigenvalue weighted by molar-refractivity contribution is 7.47. The minimum atomic E-state index is -4.40. The van der Waals surface area contributed by atoms with Crippen molar-refractivity contribution < 1.29 is 42.7 Å². The number of phosphoric acid groups is 1. The summed E-state index contributed by atoms with van der Waals surface area (Å²) < 4.78 is 32.7. The van der Waals surface area contributed by atoms with E-state index in [1.165, 1.54) is 44.9 Å². The van der Waals surface area contributed by atoms with Gasteiger partial charge in [-0.2, -0.15) is 0 Å². The molecular formula is C45H76NO9P. The fourth-order valence-electron chi connectivity index (χ4n) is 5.12. The van der Waals surface area contributed by atoms with E-state index in [1.54, 1.807) is 6.08 Å². The number of hydrogen-bond acceptors (Lipinski definition) is 9. The van der Waals surface area contributed by atoms with E-state index in [0.717, 1.165) is 51.4 Å². The highest BCUT2D eigenvalue weighted by atomic mass is 31.2. The lowest BCUT2D eigenvalue weighted by Gasteiger charge is -2.19. The zero-order valence-electron chi connectivity index (χ0n) is 34.7. The molecule has 0 amide bonds. The second-order valence-corrected chi connectivity index (χ2v) is 15.1. The van der Waals surface area contributed by atoms with Crippen molar-refractivity contribution in [1.29, 1.82) is 0 Å². The van der Waals surface area contributed by atoms with E-state index in [-0.39, 0.29) is 38.7 Å². The van der Waals surface area contributed by atoms with Crippen LogP contribution in [0.3, 0.4) is 0 Å². The molecule has 320 valence electrons. The van der Waals surface area contributed by atoms with Gasteiger partial charge in [-0.05, 0) is 77.0 Å². The lowest BCUT2D eigenvalue weighted by atomic mass is 10.1. The molecule has 0 fully saturated rings. The molecule has 0 saturated carbocycles. The Balaban J connectivity index is 4.31. The summed E-state index contributed by atoms with van der Waals surface area (Å²) in [4.78, 5) is 34.8. The molecule has 0 heterocycles. The molecule has 4 N–H and O–H groups in total. The number of rotatable bonds is 38. The summed E-state index contributed by atoms with van der Waals surface area (Å²) in [6.45, 7) is 3.27. The maximum atomic E-state index is 12.6. The van der Waals surface area contributed by atoms with Crippen molar-refractivity contribution in [3.63, 3.8) is 0 Å². The zero-order valence-corrected chi connectivity index (χ0v) is 35.6. The van der Waals surface area contributed by atoms with Crippen molar-refractivity contribution in [2.75, 3.05) is 26.4 Å². The van der Waals surface area contributed by atoms with Gasteiger partial charge in [0.05, 0.1) is 19.3 Å². The number of nitrogens with two attached hydrogens (primary N) is 1. The number of allylic oxidation sites excluding steroid dienone is 13. The molecule has 0 aromatic carbocycles. The quantitative estimate of drug-likeness (QED) is 0.0180. The number of carbonyl (C=O) groups is 2. The molecule has 0 aromatic heterocycles. The summed E-state index contributed by atoms with van der Waals surface area (Å²) >= 11 is 0. The molecule has 0 rings (SSSR count). The van der Waals surface area contributed by atoms with Crippen molar-refractivity contribution in [1.82, 2.24) is 0 Å². The van der Waals surface area contributed by atoms with Crippen LogP contribution in [-0.2, 0) is 32.7 Å². The first-order valence-electron chi connectivity index (χ1n) is 21.2. The van der Waals surface area contributed by atoms with Crippen molar-refractivity contribution in [3.8, 4) is 0 Å². The van der Waals surface area contributed by atoms with E-state index < -0.39 is 32.5 Å². The van der Waals surface area contributed by atoms with Gasteiger partial charge in [-0.15, -0.1) is 0 Å². The molecule has 10 nitrogen and oxygen atoms in total. The summed E-state index contributed by atoms with van der Waals surface area (Å²) in [6, 6.07) is 0. The summed E-state index contributed by atoms with van der Waals surface area (Å²) in [5, 5.41) is 9.47. The number of carbonyl (C=O) groups excluding carboxylic acids is 2. The number of unbranched alkanes of at least 4 members (excludes halogenated alkanes) is 11. The molecule has 11 heteroatoms. The minimum Gasteiger partial charge on any atom is -0.462 e. The Morgan fingerprint density at radius 2 is 1.14 bits per heavy atom. The smallest absolute Gasteiger partial charge is 0.462 e. The van der Waals surface area contributed by atoms with Crippen LogP contribution in [0.1, 0.15) is 149 Å². The fraction of sp³-hybridized carbons (Fsp3) is 0.644. The van der Waals surface area contributed by atoms with Crippen LogP contribution in [0.2, 0.25) is 0 Å². The largest absolute Gasteiger partial charge is 0.472 e. The average Bonchev–Trinajstić information content (AvgIpc) is 3.18. The molecular weight excluding hydrogens is 729 g/mol. The first-order valence-corrected chi connectivity index (χ1v) is 22.7. The highest BCUT2D eigenvalue weighted by Crippen LogP contribution is 2.43. The van der Waals surface area contributed by atoms with Crippen molar-refractivity contribution >= 4 is 19.8 Å². The second-order valence-electron chi connectivity index (χ2n) is 13.7. The van der Waals surface area contributed by atoms with Crippen LogP contribution in [0.4, 0.5) is 0 Å². The van der Waals surface area contributed by atoms with E-state index in [4.69, 9.17) is 24.3 Å². The lowest BCUT2D eigenvalue weighted by molar-refractivity contribution is -0.161. The Hall–Kier alpha value is -2.85. The van der Waals surface area contributed by atoms with Gasteiger partial charge in [0.25, 0.3) is 0 Å². The molecule has 3 atom stereocenters. The Morgan fingerprint density at radius 1 is 0.625 bits per heavy atom. The molecule has 0 aliphatic rings. The predicted molar refractivity (Wildman–Crippen MR) is 230 cm³/mol. The number of hydrogen-bond donors (Lipinski definition) is 3. The van der Waals surface area contributed by atoms with Crippen molar-refractivity contribution in [2.45, 2.75) is 161 Å². The number of aliphatic hydroxyl groups excluding tert-OH is 1. The molecule has 1 unspecified atom stereocenters. The maximum absolute atomic E-state index is 12.6. The molecule has 0 aliphatic heterocycles. The topological polar surface area (TPSA) is 155 Å². The zero-order chi connectivity index (χ0) is 41.2. The van der Waals surface area contributed by atoms with Crippen LogP contribution < -0.4 is 5.73 Å². The summed E-state index contributed by atoms with van der Waals surface area (Å²) in [6.07, 6.45) is 47.1. The molecule has 56 heavy (non-hydrogen) atoms.